The number of anilines is 1. The zero-order valence-electron chi connectivity index (χ0n) is 10.5. The molecule has 1 aliphatic carbocycles. The Bertz CT molecular complexity index is 391. The minimum atomic E-state index is 0.229. The highest BCUT2D eigenvalue weighted by molar-refractivity contribution is 5.79. The number of nitrogen functional groups attached to an aromatic ring is 1. The maximum absolute atomic E-state index is 12.2. The molecule has 0 aliphatic heterocycles. The number of benzene rings is 1. The summed E-state index contributed by atoms with van der Waals surface area (Å²) >= 11 is 0. The van der Waals surface area contributed by atoms with Gasteiger partial charge in [0.1, 0.15) is 0 Å². The number of rotatable bonds is 4. The van der Waals surface area contributed by atoms with Crippen LogP contribution in [0.3, 0.4) is 0 Å². The lowest BCUT2D eigenvalue weighted by Gasteiger charge is -2.26. The lowest BCUT2D eigenvalue weighted by Crippen LogP contribution is -2.39. The van der Waals surface area contributed by atoms with E-state index < -0.39 is 0 Å². The molecule has 0 unspecified atom stereocenters. The van der Waals surface area contributed by atoms with E-state index in [4.69, 9.17) is 5.73 Å². The van der Waals surface area contributed by atoms with E-state index in [0.29, 0.717) is 18.5 Å². The Hall–Kier alpha value is -1.51. The molecule has 1 aliphatic rings. The Balaban J connectivity index is 2.02. The van der Waals surface area contributed by atoms with Gasteiger partial charge >= 0.3 is 0 Å². The third-order valence-corrected chi connectivity index (χ3v) is 3.12. The highest BCUT2D eigenvalue weighted by Gasteiger charge is 2.33. The molecule has 0 radical (unpaired) electrons. The maximum Gasteiger partial charge on any atom is 0.227 e. The summed E-state index contributed by atoms with van der Waals surface area (Å²) in [4.78, 5) is 14.2. The van der Waals surface area contributed by atoms with Gasteiger partial charge in [0.15, 0.2) is 0 Å². The van der Waals surface area contributed by atoms with Crippen molar-refractivity contribution in [3.8, 4) is 0 Å². The van der Waals surface area contributed by atoms with Crippen LogP contribution in [-0.2, 0) is 11.2 Å². The van der Waals surface area contributed by atoms with Crippen LogP contribution in [0, 0.1) is 0 Å². The molecule has 1 aromatic rings. The summed E-state index contributed by atoms with van der Waals surface area (Å²) in [6, 6.07) is 8.33. The number of amides is 1. The number of carbonyl (C=O) groups is 1. The van der Waals surface area contributed by atoms with Gasteiger partial charge < -0.3 is 10.6 Å². The van der Waals surface area contributed by atoms with Crippen molar-refractivity contribution in [2.24, 2.45) is 0 Å². The Morgan fingerprint density at radius 2 is 1.94 bits per heavy atom. The van der Waals surface area contributed by atoms with Crippen LogP contribution in [0.2, 0.25) is 0 Å². The van der Waals surface area contributed by atoms with Crippen LogP contribution in [0.5, 0.6) is 0 Å². The summed E-state index contributed by atoms with van der Waals surface area (Å²) in [5.41, 5.74) is 7.41. The van der Waals surface area contributed by atoms with Crippen molar-refractivity contribution in [3.05, 3.63) is 29.8 Å². The van der Waals surface area contributed by atoms with Gasteiger partial charge in [0, 0.05) is 17.8 Å². The first-order valence-corrected chi connectivity index (χ1v) is 6.23. The van der Waals surface area contributed by atoms with E-state index in [1.807, 2.05) is 29.2 Å². The number of carbonyl (C=O) groups excluding carboxylic acids is 1. The second kappa shape index (κ2) is 4.78. The zero-order valence-corrected chi connectivity index (χ0v) is 10.5. The maximum atomic E-state index is 12.2. The molecule has 0 bridgehead atoms. The topological polar surface area (TPSA) is 46.3 Å². The van der Waals surface area contributed by atoms with E-state index in [1.165, 1.54) is 0 Å². The lowest BCUT2D eigenvalue weighted by atomic mass is 10.1. The van der Waals surface area contributed by atoms with Crippen molar-refractivity contribution in [1.29, 1.82) is 0 Å². The minimum absolute atomic E-state index is 0.229. The van der Waals surface area contributed by atoms with E-state index in [2.05, 4.69) is 13.8 Å². The van der Waals surface area contributed by atoms with E-state index >= 15 is 0 Å². The number of nitrogens with zero attached hydrogens (tertiary/aromatic N) is 1. The number of nitrogens with two attached hydrogens (primary N) is 1. The molecular formula is C14H20N2O. The van der Waals surface area contributed by atoms with Crippen LogP contribution in [0.1, 0.15) is 32.3 Å². The molecule has 0 atom stereocenters. The van der Waals surface area contributed by atoms with Gasteiger partial charge in [-0.2, -0.15) is 0 Å². The van der Waals surface area contributed by atoms with Crippen LogP contribution in [0.25, 0.3) is 0 Å². The molecule has 17 heavy (non-hydrogen) atoms. The normalized spacial score (nSPS) is 15.0. The Morgan fingerprint density at radius 1 is 1.35 bits per heavy atom. The fourth-order valence-corrected chi connectivity index (χ4v) is 2.17. The van der Waals surface area contributed by atoms with Gasteiger partial charge in [-0.15, -0.1) is 0 Å². The first kappa shape index (κ1) is 12.0. The quantitative estimate of drug-likeness (QED) is 0.809. The molecular weight excluding hydrogens is 212 g/mol. The summed E-state index contributed by atoms with van der Waals surface area (Å²) in [6.07, 6.45) is 2.80. The summed E-state index contributed by atoms with van der Waals surface area (Å²) in [5, 5.41) is 0. The van der Waals surface area contributed by atoms with Crippen molar-refractivity contribution in [2.75, 3.05) is 5.73 Å². The first-order chi connectivity index (χ1) is 8.08. The fourth-order valence-electron chi connectivity index (χ4n) is 2.17. The molecule has 2 rings (SSSR count). The van der Waals surface area contributed by atoms with Crippen LogP contribution in [-0.4, -0.2) is 22.9 Å². The summed E-state index contributed by atoms with van der Waals surface area (Å²) in [5.74, 6) is 0.229. The summed E-state index contributed by atoms with van der Waals surface area (Å²) in [7, 11) is 0. The van der Waals surface area contributed by atoms with Gasteiger partial charge in [0.05, 0.1) is 6.42 Å². The molecule has 3 heteroatoms. The van der Waals surface area contributed by atoms with Gasteiger partial charge in [0.2, 0.25) is 5.91 Å². The molecule has 1 aromatic carbocycles. The molecule has 1 amide bonds. The number of hydrogen-bond acceptors (Lipinski definition) is 2. The fraction of sp³-hybridized carbons (Fsp3) is 0.500. The first-order valence-electron chi connectivity index (χ1n) is 6.23. The predicted octanol–water partition coefficient (Wildman–Crippen LogP) is 2.21. The highest BCUT2D eigenvalue weighted by atomic mass is 16.2. The van der Waals surface area contributed by atoms with Crippen molar-refractivity contribution >= 4 is 11.6 Å². The van der Waals surface area contributed by atoms with Crippen LogP contribution >= 0.6 is 0 Å². The molecule has 1 saturated carbocycles. The van der Waals surface area contributed by atoms with Gasteiger partial charge in [-0.25, -0.2) is 0 Å². The average Bonchev–Trinajstić information content (AvgIpc) is 3.05. The van der Waals surface area contributed by atoms with Crippen LogP contribution in [0.15, 0.2) is 24.3 Å². The Morgan fingerprint density at radius 3 is 2.41 bits per heavy atom. The van der Waals surface area contributed by atoms with E-state index in [-0.39, 0.29) is 5.91 Å². The predicted molar refractivity (Wildman–Crippen MR) is 69.6 cm³/mol. The lowest BCUT2D eigenvalue weighted by molar-refractivity contribution is -0.132. The second-order valence-electron chi connectivity index (χ2n) is 5.04. The van der Waals surface area contributed by atoms with Gasteiger partial charge in [-0.1, -0.05) is 12.1 Å². The van der Waals surface area contributed by atoms with Crippen molar-refractivity contribution < 1.29 is 4.79 Å². The average molecular weight is 232 g/mol. The third kappa shape index (κ3) is 2.99. The minimum Gasteiger partial charge on any atom is -0.399 e. The van der Waals surface area contributed by atoms with Gasteiger partial charge in [0.25, 0.3) is 0 Å². The molecule has 0 heterocycles. The molecule has 0 aromatic heterocycles. The van der Waals surface area contributed by atoms with E-state index in [9.17, 15) is 4.79 Å². The van der Waals surface area contributed by atoms with Crippen molar-refractivity contribution in [1.82, 2.24) is 4.90 Å². The third-order valence-electron chi connectivity index (χ3n) is 3.12. The smallest absolute Gasteiger partial charge is 0.227 e. The van der Waals surface area contributed by atoms with Crippen LogP contribution in [0.4, 0.5) is 5.69 Å². The van der Waals surface area contributed by atoms with Crippen molar-refractivity contribution in [2.45, 2.75) is 45.2 Å². The van der Waals surface area contributed by atoms with Gasteiger partial charge in [-0.3, -0.25) is 4.79 Å². The highest BCUT2D eigenvalue weighted by Crippen LogP contribution is 2.29. The van der Waals surface area contributed by atoms with E-state index in [1.54, 1.807) is 0 Å². The van der Waals surface area contributed by atoms with Gasteiger partial charge in [-0.05, 0) is 44.4 Å². The number of hydrogen-bond donors (Lipinski definition) is 1. The molecule has 2 N–H and O–H groups in total. The summed E-state index contributed by atoms with van der Waals surface area (Å²) in [6.45, 7) is 4.17. The van der Waals surface area contributed by atoms with Crippen molar-refractivity contribution in [3.63, 3.8) is 0 Å². The molecule has 1 fully saturated rings. The molecule has 0 saturated heterocycles. The molecule has 0 spiro atoms. The summed E-state index contributed by atoms with van der Waals surface area (Å²) < 4.78 is 0. The van der Waals surface area contributed by atoms with E-state index in [0.717, 1.165) is 24.1 Å². The largest absolute Gasteiger partial charge is 0.399 e. The zero-order chi connectivity index (χ0) is 12.4. The SMILES string of the molecule is CC(C)N(C(=O)Cc1ccc(N)cc1)C1CC1. The second-order valence-corrected chi connectivity index (χ2v) is 5.04. The Labute approximate surface area is 103 Å². The van der Waals surface area contributed by atoms with Crippen LogP contribution < -0.4 is 5.73 Å². The standard InChI is InChI=1S/C14H20N2O/c1-10(2)16(13-7-8-13)14(17)9-11-3-5-12(15)6-4-11/h3-6,10,13H,7-9,15H2,1-2H3. The molecule has 92 valence electrons. The Kier molecular flexibility index (Phi) is 3.36. The monoisotopic (exact) mass is 232 g/mol. The molecule has 3 nitrogen and oxygen atoms in total.